The summed E-state index contributed by atoms with van der Waals surface area (Å²) in [5, 5.41) is 40.0. The molecule has 8 nitrogen and oxygen atoms in total. The molecule has 5 atom stereocenters. The molecule has 1 fully saturated rings. The minimum absolute atomic E-state index is 0. The van der Waals surface area contributed by atoms with Crippen molar-refractivity contribution in [2.75, 3.05) is 19.8 Å². The second-order valence-electron chi connectivity index (χ2n) is 4.73. The van der Waals surface area contributed by atoms with Gasteiger partial charge < -0.3 is 35.2 Å². The molecule has 1 rings (SSSR count). The molecule has 0 spiro atoms. The van der Waals surface area contributed by atoms with Gasteiger partial charge in [-0.2, -0.15) is 0 Å². The van der Waals surface area contributed by atoms with Gasteiger partial charge in [0.2, 0.25) is 5.91 Å². The van der Waals surface area contributed by atoms with Crippen LogP contribution in [-0.2, 0) is 14.3 Å². The average molecular weight is 309 g/mol. The maximum atomic E-state index is 11.1. The molecule has 0 radical (unpaired) electrons. The van der Waals surface area contributed by atoms with Crippen molar-refractivity contribution in [2.45, 2.75) is 57.8 Å². The summed E-state index contributed by atoms with van der Waals surface area (Å²) in [6.45, 7) is 1.12. The highest BCUT2D eigenvalue weighted by Gasteiger charge is 2.45. The lowest BCUT2D eigenvalue weighted by atomic mass is 9.97. The number of carbonyl (C=O) groups excluding carboxylic acids is 1. The van der Waals surface area contributed by atoms with Crippen LogP contribution in [0.4, 0.5) is 0 Å². The number of hydrogen-bond acceptors (Lipinski definition) is 7. The Labute approximate surface area is 124 Å². The fraction of sp³-hybridized carbons (Fsp3) is 0.923. The topological polar surface area (TPSA) is 128 Å². The van der Waals surface area contributed by atoms with Gasteiger partial charge in [-0.05, 0) is 12.8 Å². The normalized spacial score (nSPS) is 32.3. The van der Waals surface area contributed by atoms with Crippen LogP contribution in [0.15, 0.2) is 0 Å². The molecular formula is C13H27NO7. The van der Waals surface area contributed by atoms with Gasteiger partial charge in [0.05, 0.1) is 6.61 Å². The Morgan fingerprint density at radius 1 is 1.24 bits per heavy atom. The molecule has 1 saturated heterocycles. The van der Waals surface area contributed by atoms with Crippen LogP contribution >= 0.6 is 0 Å². The predicted octanol–water partition coefficient (Wildman–Crippen LogP) is -1.64. The van der Waals surface area contributed by atoms with Gasteiger partial charge in [-0.3, -0.25) is 4.79 Å². The van der Waals surface area contributed by atoms with Crippen LogP contribution in [0.5, 0.6) is 0 Å². The lowest BCUT2D eigenvalue weighted by Crippen LogP contribution is -2.64. The maximum Gasteiger partial charge on any atom is 0.217 e. The molecule has 5 N–H and O–H groups in total. The molecule has 0 bridgehead atoms. The van der Waals surface area contributed by atoms with E-state index in [-0.39, 0.29) is 20.6 Å². The van der Waals surface area contributed by atoms with Gasteiger partial charge in [-0.1, -0.05) is 7.43 Å². The van der Waals surface area contributed by atoms with Gasteiger partial charge in [0.15, 0.2) is 6.29 Å². The fourth-order valence-corrected chi connectivity index (χ4v) is 2.03. The highest BCUT2D eigenvalue weighted by atomic mass is 16.7. The monoisotopic (exact) mass is 309 g/mol. The molecule has 0 aromatic carbocycles. The third-order valence-corrected chi connectivity index (χ3v) is 3.09. The second kappa shape index (κ2) is 10.0. The lowest BCUT2D eigenvalue weighted by molar-refractivity contribution is -0.270. The minimum Gasteiger partial charge on any atom is -0.396 e. The van der Waals surface area contributed by atoms with E-state index in [4.69, 9.17) is 19.7 Å². The standard InChI is InChI=1S/C12H23NO7.CH4/c1-7(16)13-9-11(18)10(17)8(6-15)20-12(9)19-5-3-2-4-14;/h8-12,14-15,17-18H,2-6H2,1H3,(H,13,16);1H4/t8?,9?,10-,11+,12+;/m0./s1. The Kier molecular flexibility index (Phi) is 9.67. The van der Waals surface area contributed by atoms with Gasteiger partial charge in [-0.15, -0.1) is 0 Å². The summed E-state index contributed by atoms with van der Waals surface area (Å²) >= 11 is 0. The van der Waals surface area contributed by atoms with Gasteiger partial charge in [0, 0.05) is 20.1 Å². The van der Waals surface area contributed by atoms with Crippen LogP contribution in [0.25, 0.3) is 0 Å². The van der Waals surface area contributed by atoms with Gasteiger partial charge in [0.25, 0.3) is 0 Å². The molecule has 8 heteroatoms. The molecule has 2 unspecified atom stereocenters. The quantitative estimate of drug-likeness (QED) is 0.357. The number of aliphatic hydroxyl groups is 4. The van der Waals surface area contributed by atoms with E-state index < -0.39 is 43.2 Å². The minimum atomic E-state index is -1.31. The van der Waals surface area contributed by atoms with Crippen LogP contribution in [0.3, 0.4) is 0 Å². The lowest BCUT2D eigenvalue weighted by Gasteiger charge is -2.42. The van der Waals surface area contributed by atoms with Crippen molar-refractivity contribution < 1.29 is 34.7 Å². The zero-order valence-corrected chi connectivity index (χ0v) is 11.4. The first-order valence-electron chi connectivity index (χ1n) is 6.63. The first kappa shape index (κ1) is 20.2. The van der Waals surface area contributed by atoms with Crippen molar-refractivity contribution in [3.63, 3.8) is 0 Å². The van der Waals surface area contributed by atoms with Crippen molar-refractivity contribution in [2.24, 2.45) is 0 Å². The fourth-order valence-electron chi connectivity index (χ4n) is 2.03. The number of carbonyl (C=O) groups is 1. The number of hydrogen-bond donors (Lipinski definition) is 5. The number of amides is 1. The Hall–Kier alpha value is -0.770. The van der Waals surface area contributed by atoms with Crippen molar-refractivity contribution in [3.8, 4) is 0 Å². The van der Waals surface area contributed by atoms with E-state index in [1.165, 1.54) is 6.92 Å². The average Bonchev–Trinajstić information content (AvgIpc) is 2.41. The number of ether oxygens (including phenoxy) is 2. The van der Waals surface area contributed by atoms with Gasteiger partial charge in [0.1, 0.15) is 24.4 Å². The molecule has 126 valence electrons. The summed E-state index contributed by atoms with van der Waals surface area (Å²) in [5.74, 6) is -0.392. The molecule has 0 aromatic heterocycles. The number of unbranched alkanes of at least 4 members (excludes halogenated alkanes) is 1. The maximum absolute atomic E-state index is 11.1. The zero-order valence-electron chi connectivity index (χ0n) is 11.4. The Bertz CT molecular complexity index is 302. The third kappa shape index (κ3) is 5.85. The molecule has 1 amide bonds. The SMILES string of the molecule is C.CC(=O)NC1[C@H](OCCCCO)OC(CO)[C@H](O)[C@@H]1O. The van der Waals surface area contributed by atoms with Crippen molar-refractivity contribution in [1.82, 2.24) is 5.32 Å². The molecular weight excluding hydrogens is 282 g/mol. The summed E-state index contributed by atoms with van der Waals surface area (Å²) in [6.07, 6.45) is -3.40. The Morgan fingerprint density at radius 2 is 1.90 bits per heavy atom. The summed E-state index contributed by atoms with van der Waals surface area (Å²) in [6, 6.07) is -0.917. The highest BCUT2D eigenvalue weighted by molar-refractivity contribution is 5.73. The molecule has 1 aliphatic rings. The van der Waals surface area contributed by atoms with Crippen LogP contribution < -0.4 is 5.32 Å². The second-order valence-corrected chi connectivity index (χ2v) is 4.73. The molecule has 1 heterocycles. The molecule has 1 aliphatic heterocycles. The summed E-state index contributed by atoms with van der Waals surface area (Å²) in [7, 11) is 0. The molecule has 0 aromatic rings. The number of rotatable bonds is 7. The van der Waals surface area contributed by atoms with E-state index in [2.05, 4.69) is 5.32 Å². The van der Waals surface area contributed by atoms with Crippen molar-refractivity contribution in [3.05, 3.63) is 0 Å². The molecule has 0 saturated carbocycles. The Balaban J connectivity index is 0.00000400. The van der Waals surface area contributed by atoms with Gasteiger partial charge in [-0.25, -0.2) is 0 Å². The van der Waals surface area contributed by atoms with Crippen LogP contribution in [0, 0.1) is 0 Å². The van der Waals surface area contributed by atoms with E-state index >= 15 is 0 Å². The van der Waals surface area contributed by atoms with E-state index in [1.54, 1.807) is 0 Å². The van der Waals surface area contributed by atoms with Crippen molar-refractivity contribution in [1.29, 1.82) is 0 Å². The van der Waals surface area contributed by atoms with Crippen LogP contribution in [-0.4, -0.2) is 76.8 Å². The van der Waals surface area contributed by atoms with Crippen LogP contribution in [0.1, 0.15) is 27.2 Å². The molecule has 0 aliphatic carbocycles. The van der Waals surface area contributed by atoms with E-state index in [1.807, 2.05) is 0 Å². The van der Waals surface area contributed by atoms with E-state index in [0.29, 0.717) is 12.8 Å². The Morgan fingerprint density at radius 3 is 2.43 bits per heavy atom. The van der Waals surface area contributed by atoms with E-state index in [0.717, 1.165) is 0 Å². The number of nitrogens with one attached hydrogen (secondary N) is 1. The summed E-state index contributed by atoms with van der Waals surface area (Å²) < 4.78 is 10.8. The zero-order chi connectivity index (χ0) is 15.1. The largest absolute Gasteiger partial charge is 0.396 e. The first-order chi connectivity index (χ1) is 9.51. The highest BCUT2D eigenvalue weighted by Crippen LogP contribution is 2.22. The molecule has 21 heavy (non-hydrogen) atoms. The smallest absolute Gasteiger partial charge is 0.217 e. The first-order valence-corrected chi connectivity index (χ1v) is 6.63. The summed E-state index contributed by atoms with van der Waals surface area (Å²) in [4.78, 5) is 11.1. The summed E-state index contributed by atoms with van der Waals surface area (Å²) in [5.41, 5.74) is 0. The van der Waals surface area contributed by atoms with E-state index in [9.17, 15) is 15.0 Å². The van der Waals surface area contributed by atoms with Gasteiger partial charge >= 0.3 is 0 Å². The third-order valence-electron chi connectivity index (χ3n) is 3.09. The predicted molar refractivity (Wildman–Crippen MR) is 74.4 cm³/mol. The van der Waals surface area contributed by atoms with Crippen LogP contribution in [0.2, 0.25) is 0 Å². The van der Waals surface area contributed by atoms with Crippen molar-refractivity contribution >= 4 is 5.91 Å². The number of aliphatic hydroxyl groups excluding tert-OH is 4.